The minimum atomic E-state index is -0.353. The summed E-state index contributed by atoms with van der Waals surface area (Å²) in [5.74, 6) is 2.31. The van der Waals surface area contributed by atoms with Gasteiger partial charge in [0, 0.05) is 35.8 Å². The van der Waals surface area contributed by atoms with Crippen molar-refractivity contribution in [3.8, 4) is 0 Å². The minimum absolute atomic E-state index is 0.154. The third kappa shape index (κ3) is 2.85. The molecule has 2 aromatic rings. The van der Waals surface area contributed by atoms with Crippen LogP contribution in [-0.2, 0) is 6.54 Å². The van der Waals surface area contributed by atoms with Crippen LogP contribution in [0.1, 0.15) is 13.3 Å². The van der Waals surface area contributed by atoms with E-state index in [-0.39, 0.29) is 10.6 Å². The van der Waals surface area contributed by atoms with E-state index in [0.717, 1.165) is 35.4 Å². The van der Waals surface area contributed by atoms with Gasteiger partial charge in [0.1, 0.15) is 0 Å². The van der Waals surface area contributed by atoms with Crippen LogP contribution in [0.15, 0.2) is 30.5 Å². The van der Waals surface area contributed by atoms with Gasteiger partial charge in [-0.05, 0) is 30.1 Å². The summed E-state index contributed by atoms with van der Waals surface area (Å²) in [6.07, 6.45) is 3.13. The Bertz CT molecular complexity index is 551. The number of nitro groups is 1. The highest BCUT2D eigenvalue weighted by Gasteiger charge is 2.08. The summed E-state index contributed by atoms with van der Waals surface area (Å²) in [5.41, 5.74) is 1.23. The van der Waals surface area contributed by atoms with E-state index in [9.17, 15) is 10.1 Å². The number of aryl methyl sites for hydroxylation is 1. The van der Waals surface area contributed by atoms with Crippen molar-refractivity contribution in [1.82, 2.24) is 4.57 Å². The zero-order valence-electron chi connectivity index (χ0n) is 10.3. The Morgan fingerprint density at radius 3 is 2.94 bits per heavy atom. The molecule has 0 saturated carbocycles. The highest BCUT2D eigenvalue weighted by Crippen LogP contribution is 2.22. The number of nitro benzene ring substituents is 1. The smallest absolute Gasteiger partial charge is 0.270 e. The van der Waals surface area contributed by atoms with E-state index in [4.69, 9.17) is 0 Å². The van der Waals surface area contributed by atoms with Gasteiger partial charge in [0.05, 0.1) is 4.92 Å². The minimum Gasteiger partial charge on any atom is -0.347 e. The summed E-state index contributed by atoms with van der Waals surface area (Å²) in [7, 11) is 0. The van der Waals surface area contributed by atoms with Crippen molar-refractivity contribution in [3.05, 3.63) is 40.6 Å². The van der Waals surface area contributed by atoms with E-state index in [0.29, 0.717) is 0 Å². The molecule has 0 aliphatic heterocycles. The molecule has 1 heterocycles. The monoisotopic (exact) mass is 264 g/mol. The second-order valence-electron chi connectivity index (χ2n) is 4.06. The van der Waals surface area contributed by atoms with Gasteiger partial charge in [-0.25, -0.2) is 0 Å². The maximum absolute atomic E-state index is 10.7. The zero-order chi connectivity index (χ0) is 13.0. The van der Waals surface area contributed by atoms with E-state index < -0.39 is 0 Å². The van der Waals surface area contributed by atoms with E-state index in [1.165, 1.54) is 0 Å². The number of benzene rings is 1. The molecular formula is C13H16N2O2S. The van der Waals surface area contributed by atoms with Crippen molar-refractivity contribution >= 4 is 28.4 Å². The predicted octanol–water partition coefficient (Wildman–Crippen LogP) is 3.69. The van der Waals surface area contributed by atoms with Crippen LogP contribution in [0.25, 0.3) is 10.9 Å². The first-order valence-electron chi connectivity index (χ1n) is 6.03. The molecular weight excluding hydrogens is 248 g/mol. The second-order valence-corrected chi connectivity index (χ2v) is 5.45. The van der Waals surface area contributed by atoms with Crippen molar-refractivity contribution in [2.24, 2.45) is 0 Å². The lowest BCUT2D eigenvalue weighted by molar-refractivity contribution is -0.384. The normalized spacial score (nSPS) is 10.9. The Balaban J connectivity index is 2.13. The molecule has 0 saturated heterocycles. The third-order valence-electron chi connectivity index (χ3n) is 2.86. The molecule has 0 atom stereocenters. The number of rotatable bonds is 6. The zero-order valence-corrected chi connectivity index (χ0v) is 11.2. The lowest BCUT2D eigenvalue weighted by Gasteiger charge is -2.04. The van der Waals surface area contributed by atoms with Crippen molar-refractivity contribution in [3.63, 3.8) is 0 Å². The molecule has 96 valence electrons. The molecule has 0 radical (unpaired) electrons. The number of fused-ring (bicyclic) bond motifs is 1. The predicted molar refractivity (Wildman–Crippen MR) is 76.2 cm³/mol. The lowest BCUT2D eigenvalue weighted by Crippen LogP contribution is -1.97. The SMILES string of the molecule is CCSCCCn1ccc2cc([N+](=O)[O-])ccc21. The molecule has 0 aliphatic carbocycles. The van der Waals surface area contributed by atoms with Gasteiger partial charge in [0.25, 0.3) is 5.69 Å². The second kappa shape index (κ2) is 5.91. The number of hydrogen-bond acceptors (Lipinski definition) is 3. The fourth-order valence-electron chi connectivity index (χ4n) is 1.98. The Morgan fingerprint density at radius 1 is 1.39 bits per heavy atom. The summed E-state index contributed by atoms with van der Waals surface area (Å²) in [6.45, 7) is 3.13. The molecule has 0 amide bonds. The standard InChI is InChI=1S/C13H16N2O2S/c1-2-18-9-3-7-14-8-6-11-10-12(15(16)17)4-5-13(11)14/h4-6,8,10H,2-3,7,9H2,1H3. The summed E-state index contributed by atoms with van der Waals surface area (Å²) < 4.78 is 2.16. The Kier molecular flexibility index (Phi) is 4.25. The first kappa shape index (κ1) is 13.0. The van der Waals surface area contributed by atoms with Gasteiger partial charge in [-0.2, -0.15) is 11.8 Å². The Hall–Kier alpha value is -1.49. The van der Waals surface area contributed by atoms with Gasteiger partial charge >= 0.3 is 0 Å². The van der Waals surface area contributed by atoms with Gasteiger partial charge in [-0.1, -0.05) is 6.92 Å². The van der Waals surface area contributed by atoms with Crippen molar-refractivity contribution in [2.45, 2.75) is 19.9 Å². The maximum Gasteiger partial charge on any atom is 0.270 e. The fraction of sp³-hybridized carbons (Fsp3) is 0.385. The largest absolute Gasteiger partial charge is 0.347 e. The Labute approximate surface area is 110 Å². The number of nitrogens with zero attached hydrogens (tertiary/aromatic N) is 2. The molecule has 4 nitrogen and oxygen atoms in total. The quantitative estimate of drug-likeness (QED) is 0.454. The van der Waals surface area contributed by atoms with Gasteiger partial charge in [0.2, 0.25) is 0 Å². The summed E-state index contributed by atoms with van der Waals surface area (Å²) in [4.78, 5) is 10.3. The summed E-state index contributed by atoms with van der Waals surface area (Å²) >= 11 is 1.94. The molecule has 0 fully saturated rings. The van der Waals surface area contributed by atoms with Crippen LogP contribution in [0.4, 0.5) is 5.69 Å². The third-order valence-corrected chi connectivity index (χ3v) is 3.84. The van der Waals surface area contributed by atoms with Crippen LogP contribution < -0.4 is 0 Å². The number of non-ortho nitro benzene ring substituents is 1. The average molecular weight is 264 g/mol. The molecule has 0 bridgehead atoms. The van der Waals surface area contributed by atoms with Crippen molar-refractivity contribution in [1.29, 1.82) is 0 Å². The fourth-order valence-corrected chi connectivity index (χ4v) is 2.60. The van der Waals surface area contributed by atoms with Gasteiger partial charge in [0.15, 0.2) is 0 Å². The topological polar surface area (TPSA) is 48.1 Å². The van der Waals surface area contributed by atoms with Crippen LogP contribution in [0.5, 0.6) is 0 Å². The number of aromatic nitrogens is 1. The van der Waals surface area contributed by atoms with Gasteiger partial charge < -0.3 is 4.57 Å². The lowest BCUT2D eigenvalue weighted by atomic mass is 10.2. The molecule has 18 heavy (non-hydrogen) atoms. The first-order valence-corrected chi connectivity index (χ1v) is 7.19. The molecule has 1 aromatic carbocycles. The number of thioether (sulfide) groups is 1. The molecule has 5 heteroatoms. The van der Waals surface area contributed by atoms with Crippen LogP contribution in [0.3, 0.4) is 0 Å². The molecule has 1 aromatic heterocycles. The molecule has 2 rings (SSSR count). The van der Waals surface area contributed by atoms with Crippen LogP contribution in [0, 0.1) is 10.1 Å². The van der Waals surface area contributed by atoms with E-state index >= 15 is 0 Å². The van der Waals surface area contributed by atoms with E-state index in [1.54, 1.807) is 12.1 Å². The molecule has 0 unspecified atom stereocenters. The summed E-state index contributed by atoms with van der Waals surface area (Å²) in [6, 6.07) is 6.97. The first-order chi connectivity index (χ1) is 8.72. The van der Waals surface area contributed by atoms with Crippen molar-refractivity contribution < 1.29 is 4.92 Å². The van der Waals surface area contributed by atoms with E-state index in [2.05, 4.69) is 11.5 Å². The van der Waals surface area contributed by atoms with Crippen LogP contribution in [-0.4, -0.2) is 21.0 Å². The van der Waals surface area contributed by atoms with Gasteiger partial charge in [-0.15, -0.1) is 0 Å². The Morgan fingerprint density at radius 2 is 2.22 bits per heavy atom. The maximum atomic E-state index is 10.7. The highest BCUT2D eigenvalue weighted by molar-refractivity contribution is 7.99. The van der Waals surface area contributed by atoms with Crippen molar-refractivity contribution in [2.75, 3.05) is 11.5 Å². The molecule has 0 N–H and O–H groups in total. The number of hydrogen-bond donors (Lipinski definition) is 0. The molecule has 0 aliphatic rings. The highest BCUT2D eigenvalue weighted by atomic mass is 32.2. The van der Waals surface area contributed by atoms with E-state index in [1.807, 2.05) is 30.1 Å². The van der Waals surface area contributed by atoms with Crippen LogP contribution >= 0.6 is 11.8 Å². The summed E-state index contributed by atoms with van der Waals surface area (Å²) in [5, 5.41) is 11.6. The van der Waals surface area contributed by atoms with Gasteiger partial charge in [-0.3, -0.25) is 10.1 Å². The van der Waals surface area contributed by atoms with Crippen LogP contribution in [0.2, 0.25) is 0 Å². The molecule has 0 spiro atoms. The average Bonchev–Trinajstić information content (AvgIpc) is 2.77.